The fourth-order valence-electron chi connectivity index (χ4n) is 2.47. The third-order valence-corrected chi connectivity index (χ3v) is 4.47. The van der Waals surface area contributed by atoms with E-state index in [9.17, 15) is 17.6 Å². The molecule has 7 heteroatoms. The lowest BCUT2D eigenvalue weighted by molar-refractivity contribution is 0.0671. The van der Waals surface area contributed by atoms with E-state index < -0.39 is 15.9 Å². The highest BCUT2D eigenvalue weighted by molar-refractivity contribution is 7.86. The predicted octanol–water partition coefficient (Wildman–Crippen LogP) is 3.61. The molecule has 0 N–H and O–H groups in total. The third kappa shape index (κ3) is 5.56. The standard InChI is InChI=1S/C19H22FNO4S/c1-4-14(2)21(19(22)16-8-10-17(20)11-9-16)13-15-6-5-7-18(12-15)25-26(3,23)24/h5-12,14H,4,13H2,1-3H3/t14-/m0/s1. The zero-order valence-corrected chi connectivity index (χ0v) is 15.8. The molecular weight excluding hydrogens is 357 g/mol. The Hall–Kier alpha value is -2.41. The Morgan fingerprint density at radius 3 is 2.42 bits per heavy atom. The zero-order valence-electron chi connectivity index (χ0n) is 15.0. The minimum absolute atomic E-state index is 0.0490. The number of hydrogen-bond acceptors (Lipinski definition) is 4. The average Bonchev–Trinajstić information content (AvgIpc) is 2.58. The Balaban J connectivity index is 2.27. The molecule has 1 amide bonds. The van der Waals surface area contributed by atoms with Gasteiger partial charge in [-0.2, -0.15) is 8.42 Å². The number of carbonyl (C=O) groups is 1. The van der Waals surface area contributed by atoms with Crippen LogP contribution in [-0.2, 0) is 16.7 Å². The summed E-state index contributed by atoms with van der Waals surface area (Å²) in [5, 5.41) is 0. The second kappa shape index (κ2) is 8.31. The van der Waals surface area contributed by atoms with Crippen molar-refractivity contribution in [1.82, 2.24) is 4.90 Å². The summed E-state index contributed by atoms with van der Waals surface area (Å²) in [5.41, 5.74) is 1.14. The van der Waals surface area contributed by atoms with Crippen molar-refractivity contribution in [1.29, 1.82) is 0 Å². The van der Waals surface area contributed by atoms with Crippen LogP contribution in [0.3, 0.4) is 0 Å². The van der Waals surface area contributed by atoms with Crippen molar-refractivity contribution in [2.24, 2.45) is 0 Å². The molecule has 0 aliphatic heterocycles. The summed E-state index contributed by atoms with van der Waals surface area (Å²) in [6.45, 7) is 4.18. The van der Waals surface area contributed by atoms with Crippen LogP contribution in [0.5, 0.6) is 5.75 Å². The molecule has 2 aromatic carbocycles. The fourth-order valence-corrected chi connectivity index (χ4v) is 2.93. The van der Waals surface area contributed by atoms with Crippen LogP contribution in [0.25, 0.3) is 0 Å². The molecule has 5 nitrogen and oxygen atoms in total. The maximum absolute atomic E-state index is 13.1. The Morgan fingerprint density at radius 1 is 1.19 bits per heavy atom. The molecular formula is C19H22FNO4S. The number of halogens is 1. The average molecular weight is 379 g/mol. The molecule has 140 valence electrons. The van der Waals surface area contributed by atoms with Gasteiger partial charge in [-0.3, -0.25) is 4.79 Å². The number of nitrogens with zero attached hydrogens (tertiary/aromatic N) is 1. The van der Waals surface area contributed by atoms with Crippen molar-refractivity contribution < 1.29 is 21.8 Å². The molecule has 0 saturated heterocycles. The van der Waals surface area contributed by atoms with Crippen LogP contribution in [0.2, 0.25) is 0 Å². The largest absolute Gasteiger partial charge is 0.383 e. The summed E-state index contributed by atoms with van der Waals surface area (Å²) < 4.78 is 40.6. The number of benzene rings is 2. The van der Waals surface area contributed by atoms with E-state index in [1.54, 1.807) is 29.2 Å². The van der Waals surface area contributed by atoms with E-state index >= 15 is 0 Å². The van der Waals surface area contributed by atoms with Gasteiger partial charge in [-0.15, -0.1) is 0 Å². The van der Waals surface area contributed by atoms with Crippen molar-refractivity contribution in [3.63, 3.8) is 0 Å². The highest BCUT2D eigenvalue weighted by Gasteiger charge is 2.21. The fraction of sp³-hybridized carbons (Fsp3) is 0.316. The normalized spacial score (nSPS) is 12.5. The molecule has 2 rings (SSSR count). The molecule has 0 spiro atoms. The number of amides is 1. The van der Waals surface area contributed by atoms with Gasteiger partial charge in [0.25, 0.3) is 5.91 Å². The van der Waals surface area contributed by atoms with Gasteiger partial charge < -0.3 is 9.08 Å². The molecule has 0 fully saturated rings. The SMILES string of the molecule is CC[C@H](C)N(Cc1cccc(OS(C)(=O)=O)c1)C(=O)c1ccc(F)cc1. The van der Waals surface area contributed by atoms with E-state index in [1.165, 1.54) is 24.3 Å². The molecule has 0 aliphatic rings. The second-order valence-corrected chi connectivity index (χ2v) is 7.71. The van der Waals surface area contributed by atoms with Gasteiger partial charge in [0.2, 0.25) is 0 Å². The lowest BCUT2D eigenvalue weighted by Gasteiger charge is -2.29. The molecule has 0 unspecified atom stereocenters. The van der Waals surface area contributed by atoms with Crippen LogP contribution < -0.4 is 4.18 Å². The smallest absolute Gasteiger partial charge is 0.306 e. The maximum atomic E-state index is 13.1. The van der Waals surface area contributed by atoms with E-state index in [-0.39, 0.29) is 24.2 Å². The molecule has 0 bridgehead atoms. The van der Waals surface area contributed by atoms with Crippen LogP contribution in [-0.4, -0.2) is 31.5 Å². The minimum Gasteiger partial charge on any atom is -0.383 e. The van der Waals surface area contributed by atoms with Gasteiger partial charge >= 0.3 is 10.1 Å². The number of hydrogen-bond donors (Lipinski definition) is 0. The first kappa shape index (κ1) is 19.9. The summed E-state index contributed by atoms with van der Waals surface area (Å²) >= 11 is 0. The van der Waals surface area contributed by atoms with Gasteiger partial charge in [0.15, 0.2) is 0 Å². The lowest BCUT2D eigenvalue weighted by atomic mass is 10.1. The number of carbonyl (C=O) groups excluding carboxylic acids is 1. The van der Waals surface area contributed by atoms with E-state index in [4.69, 9.17) is 4.18 Å². The summed E-state index contributed by atoms with van der Waals surface area (Å²) in [5.74, 6) is -0.417. The van der Waals surface area contributed by atoms with Gasteiger partial charge in [0, 0.05) is 18.2 Å². The third-order valence-electron chi connectivity index (χ3n) is 3.97. The highest BCUT2D eigenvalue weighted by Crippen LogP contribution is 2.20. The van der Waals surface area contributed by atoms with Crippen LogP contribution >= 0.6 is 0 Å². The van der Waals surface area contributed by atoms with Gasteiger partial charge in [-0.1, -0.05) is 19.1 Å². The lowest BCUT2D eigenvalue weighted by Crippen LogP contribution is -2.37. The number of rotatable bonds is 7. The predicted molar refractivity (Wildman–Crippen MR) is 97.9 cm³/mol. The van der Waals surface area contributed by atoms with Crippen LogP contribution in [0.1, 0.15) is 36.2 Å². The zero-order chi connectivity index (χ0) is 19.3. The van der Waals surface area contributed by atoms with Crippen LogP contribution in [0, 0.1) is 5.82 Å². The molecule has 0 radical (unpaired) electrons. The molecule has 0 aliphatic carbocycles. The molecule has 0 heterocycles. The Bertz CT molecular complexity index is 865. The van der Waals surface area contributed by atoms with E-state index in [2.05, 4.69) is 0 Å². The van der Waals surface area contributed by atoms with Crippen molar-refractivity contribution in [2.75, 3.05) is 6.26 Å². The quantitative estimate of drug-likeness (QED) is 0.690. The van der Waals surface area contributed by atoms with Crippen LogP contribution in [0.15, 0.2) is 48.5 Å². The van der Waals surface area contributed by atoms with Crippen molar-refractivity contribution in [3.8, 4) is 5.75 Å². The first-order valence-corrected chi connectivity index (χ1v) is 10.1. The van der Waals surface area contributed by atoms with Gasteiger partial charge in [0.05, 0.1) is 6.26 Å². The summed E-state index contributed by atoms with van der Waals surface area (Å²) in [6.07, 6.45) is 1.72. The molecule has 0 aromatic heterocycles. The summed E-state index contributed by atoms with van der Waals surface area (Å²) in [6, 6.07) is 12.0. The Kier molecular flexibility index (Phi) is 6.37. The first-order chi connectivity index (χ1) is 12.2. The van der Waals surface area contributed by atoms with Gasteiger partial charge in [0.1, 0.15) is 11.6 Å². The Morgan fingerprint density at radius 2 is 1.85 bits per heavy atom. The van der Waals surface area contributed by atoms with Crippen molar-refractivity contribution in [3.05, 3.63) is 65.5 Å². The molecule has 26 heavy (non-hydrogen) atoms. The van der Waals surface area contributed by atoms with E-state index in [0.29, 0.717) is 5.56 Å². The van der Waals surface area contributed by atoms with Crippen molar-refractivity contribution >= 4 is 16.0 Å². The summed E-state index contributed by atoms with van der Waals surface area (Å²) in [4.78, 5) is 14.5. The highest BCUT2D eigenvalue weighted by atomic mass is 32.2. The monoisotopic (exact) mass is 379 g/mol. The van der Waals surface area contributed by atoms with Gasteiger partial charge in [-0.25, -0.2) is 4.39 Å². The summed E-state index contributed by atoms with van der Waals surface area (Å²) in [7, 11) is -3.62. The minimum atomic E-state index is -3.62. The van der Waals surface area contributed by atoms with E-state index in [0.717, 1.165) is 18.2 Å². The van der Waals surface area contributed by atoms with E-state index in [1.807, 2.05) is 13.8 Å². The maximum Gasteiger partial charge on any atom is 0.306 e. The van der Waals surface area contributed by atoms with Crippen LogP contribution in [0.4, 0.5) is 4.39 Å². The second-order valence-electron chi connectivity index (χ2n) is 6.13. The van der Waals surface area contributed by atoms with Crippen molar-refractivity contribution in [2.45, 2.75) is 32.9 Å². The molecule has 2 aromatic rings. The first-order valence-electron chi connectivity index (χ1n) is 8.24. The molecule has 0 saturated carbocycles. The topological polar surface area (TPSA) is 63.7 Å². The molecule has 1 atom stereocenters. The Labute approximate surface area is 153 Å². The van der Waals surface area contributed by atoms with Gasteiger partial charge in [-0.05, 0) is 55.3 Å².